The van der Waals surface area contributed by atoms with E-state index in [9.17, 15) is 9.59 Å². The van der Waals surface area contributed by atoms with E-state index >= 15 is 0 Å². The molecular formula is C21H22N6O2. The zero-order valence-electron chi connectivity index (χ0n) is 15.8. The predicted molar refractivity (Wildman–Crippen MR) is 112 cm³/mol. The Morgan fingerprint density at radius 1 is 1.03 bits per heavy atom. The average molecular weight is 390 g/mol. The summed E-state index contributed by atoms with van der Waals surface area (Å²) in [6.07, 6.45) is 3.56. The Kier molecular flexibility index (Phi) is 5.09. The SMILES string of the molecule is NC(=O)c1ccc(-c2cc(C(N)=O)c3ncnc(N[C@H]4CCCNC4)c3c2)cc1. The molecule has 3 aromatic rings. The van der Waals surface area contributed by atoms with Crippen molar-refractivity contribution in [2.75, 3.05) is 18.4 Å². The van der Waals surface area contributed by atoms with E-state index in [0.717, 1.165) is 42.4 Å². The van der Waals surface area contributed by atoms with Crippen molar-refractivity contribution in [3.63, 3.8) is 0 Å². The van der Waals surface area contributed by atoms with E-state index < -0.39 is 11.8 Å². The Morgan fingerprint density at radius 2 is 1.83 bits per heavy atom. The molecule has 1 fully saturated rings. The molecule has 2 aromatic carbocycles. The van der Waals surface area contributed by atoms with Crippen LogP contribution in [0.1, 0.15) is 33.6 Å². The lowest BCUT2D eigenvalue weighted by Crippen LogP contribution is -2.38. The van der Waals surface area contributed by atoms with Crippen molar-refractivity contribution in [3.05, 3.63) is 53.9 Å². The standard InChI is InChI=1S/C21H22N6O2/c22-19(28)13-5-3-12(4-6-13)14-8-16(20(23)29)18-17(9-14)21(26-11-25-18)27-15-2-1-7-24-10-15/h3-6,8-9,11,15,24H,1-2,7,10H2,(H2,22,28)(H2,23,29)(H,25,26,27)/t15-/m0/s1. The number of hydrogen-bond acceptors (Lipinski definition) is 6. The fourth-order valence-electron chi connectivity index (χ4n) is 3.63. The zero-order valence-corrected chi connectivity index (χ0v) is 15.8. The van der Waals surface area contributed by atoms with Crippen molar-refractivity contribution in [3.8, 4) is 11.1 Å². The van der Waals surface area contributed by atoms with Gasteiger partial charge in [-0.1, -0.05) is 12.1 Å². The molecule has 0 unspecified atom stereocenters. The summed E-state index contributed by atoms with van der Waals surface area (Å²) in [6.45, 7) is 1.86. The molecule has 1 aliphatic heterocycles. The van der Waals surface area contributed by atoms with E-state index in [4.69, 9.17) is 11.5 Å². The number of nitrogens with one attached hydrogen (secondary N) is 2. The van der Waals surface area contributed by atoms with E-state index in [2.05, 4.69) is 20.6 Å². The van der Waals surface area contributed by atoms with Gasteiger partial charge in [-0.15, -0.1) is 0 Å². The topological polar surface area (TPSA) is 136 Å². The molecule has 8 nitrogen and oxygen atoms in total. The summed E-state index contributed by atoms with van der Waals surface area (Å²) in [7, 11) is 0. The molecule has 2 heterocycles. The number of rotatable bonds is 5. The van der Waals surface area contributed by atoms with Gasteiger partial charge in [0.15, 0.2) is 0 Å². The number of benzene rings is 2. The monoisotopic (exact) mass is 390 g/mol. The second-order valence-corrected chi connectivity index (χ2v) is 7.14. The molecule has 0 saturated carbocycles. The maximum atomic E-state index is 12.1. The van der Waals surface area contributed by atoms with Gasteiger partial charge in [-0.05, 0) is 54.8 Å². The largest absolute Gasteiger partial charge is 0.366 e. The van der Waals surface area contributed by atoms with Crippen LogP contribution in [0.2, 0.25) is 0 Å². The number of fused-ring (bicyclic) bond motifs is 1. The summed E-state index contributed by atoms with van der Waals surface area (Å²) >= 11 is 0. The van der Waals surface area contributed by atoms with Crippen LogP contribution in [0.3, 0.4) is 0 Å². The van der Waals surface area contributed by atoms with Crippen LogP contribution < -0.4 is 22.1 Å². The first kappa shape index (κ1) is 18.8. The second kappa shape index (κ2) is 7.84. The number of hydrogen-bond donors (Lipinski definition) is 4. The lowest BCUT2D eigenvalue weighted by Gasteiger charge is -2.25. The summed E-state index contributed by atoms with van der Waals surface area (Å²) < 4.78 is 0. The number of carbonyl (C=O) groups excluding carboxylic acids is 2. The summed E-state index contributed by atoms with van der Waals surface area (Å²) in [5.74, 6) is -0.384. The fourth-order valence-corrected chi connectivity index (χ4v) is 3.63. The highest BCUT2D eigenvalue weighted by Crippen LogP contribution is 2.30. The number of carbonyl (C=O) groups is 2. The first-order valence-electron chi connectivity index (χ1n) is 9.49. The number of nitrogens with two attached hydrogens (primary N) is 2. The van der Waals surface area contributed by atoms with Crippen molar-refractivity contribution in [1.29, 1.82) is 0 Å². The molecule has 6 N–H and O–H groups in total. The van der Waals surface area contributed by atoms with E-state index in [1.165, 1.54) is 6.33 Å². The van der Waals surface area contributed by atoms with E-state index in [1.54, 1.807) is 30.3 Å². The van der Waals surface area contributed by atoms with Gasteiger partial charge in [0.2, 0.25) is 5.91 Å². The Labute approximate surface area is 167 Å². The normalized spacial score (nSPS) is 16.5. The highest BCUT2D eigenvalue weighted by atomic mass is 16.1. The third-order valence-electron chi connectivity index (χ3n) is 5.14. The van der Waals surface area contributed by atoms with Gasteiger partial charge in [-0.25, -0.2) is 9.97 Å². The summed E-state index contributed by atoms with van der Waals surface area (Å²) in [5, 5.41) is 7.56. The van der Waals surface area contributed by atoms with Crippen LogP contribution in [0.25, 0.3) is 22.0 Å². The van der Waals surface area contributed by atoms with Crippen LogP contribution in [-0.2, 0) is 0 Å². The molecule has 2 amide bonds. The average Bonchev–Trinajstić information content (AvgIpc) is 2.74. The Balaban J connectivity index is 1.82. The minimum Gasteiger partial charge on any atom is -0.366 e. The molecule has 4 rings (SSSR count). The van der Waals surface area contributed by atoms with Crippen molar-refractivity contribution in [2.24, 2.45) is 11.5 Å². The highest BCUT2D eigenvalue weighted by Gasteiger charge is 2.18. The van der Waals surface area contributed by atoms with Crippen molar-refractivity contribution in [2.45, 2.75) is 18.9 Å². The van der Waals surface area contributed by atoms with Crippen molar-refractivity contribution in [1.82, 2.24) is 15.3 Å². The molecule has 29 heavy (non-hydrogen) atoms. The van der Waals surface area contributed by atoms with Crippen LogP contribution in [0.5, 0.6) is 0 Å². The first-order valence-corrected chi connectivity index (χ1v) is 9.49. The zero-order chi connectivity index (χ0) is 20.4. The Bertz CT molecular complexity index is 1070. The lowest BCUT2D eigenvalue weighted by molar-refractivity contribution is 0.0992. The van der Waals surface area contributed by atoms with Crippen LogP contribution in [-0.4, -0.2) is 40.9 Å². The maximum Gasteiger partial charge on any atom is 0.250 e. The number of piperidine rings is 1. The van der Waals surface area contributed by atoms with E-state index in [1.807, 2.05) is 6.07 Å². The molecule has 1 saturated heterocycles. The molecule has 1 aliphatic rings. The first-order chi connectivity index (χ1) is 14.0. The second-order valence-electron chi connectivity index (χ2n) is 7.14. The molecule has 0 aliphatic carbocycles. The minimum absolute atomic E-state index is 0.248. The summed E-state index contributed by atoms with van der Waals surface area (Å²) in [6, 6.07) is 10.8. The van der Waals surface area contributed by atoms with E-state index in [0.29, 0.717) is 22.5 Å². The van der Waals surface area contributed by atoms with Gasteiger partial charge < -0.3 is 22.1 Å². The smallest absolute Gasteiger partial charge is 0.250 e. The van der Waals surface area contributed by atoms with Gasteiger partial charge in [0.1, 0.15) is 12.1 Å². The van der Waals surface area contributed by atoms with Gasteiger partial charge in [-0.2, -0.15) is 0 Å². The molecule has 148 valence electrons. The Morgan fingerprint density at radius 3 is 2.48 bits per heavy atom. The molecular weight excluding hydrogens is 368 g/mol. The van der Waals surface area contributed by atoms with E-state index in [-0.39, 0.29) is 6.04 Å². The highest BCUT2D eigenvalue weighted by molar-refractivity contribution is 6.09. The van der Waals surface area contributed by atoms with Crippen molar-refractivity contribution < 1.29 is 9.59 Å². The lowest BCUT2D eigenvalue weighted by atomic mass is 9.98. The molecule has 1 aromatic heterocycles. The van der Waals surface area contributed by atoms with Gasteiger partial charge in [-0.3, -0.25) is 9.59 Å². The quantitative estimate of drug-likeness (QED) is 0.523. The molecule has 0 spiro atoms. The van der Waals surface area contributed by atoms with Gasteiger partial charge >= 0.3 is 0 Å². The number of nitrogens with zero attached hydrogens (tertiary/aromatic N) is 2. The minimum atomic E-state index is -0.561. The van der Waals surface area contributed by atoms with Gasteiger partial charge in [0, 0.05) is 23.5 Å². The molecule has 8 heteroatoms. The van der Waals surface area contributed by atoms with Crippen LogP contribution >= 0.6 is 0 Å². The van der Waals surface area contributed by atoms with Gasteiger partial charge in [0.25, 0.3) is 5.91 Å². The number of amides is 2. The van der Waals surface area contributed by atoms with Crippen LogP contribution in [0.4, 0.5) is 5.82 Å². The van der Waals surface area contributed by atoms with Crippen LogP contribution in [0.15, 0.2) is 42.7 Å². The van der Waals surface area contributed by atoms with Gasteiger partial charge in [0.05, 0.1) is 11.1 Å². The maximum absolute atomic E-state index is 12.1. The molecule has 1 atom stereocenters. The third kappa shape index (κ3) is 3.88. The fraction of sp³-hybridized carbons (Fsp3) is 0.238. The summed E-state index contributed by atoms with van der Waals surface area (Å²) in [5.41, 5.74) is 13.8. The summed E-state index contributed by atoms with van der Waals surface area (Å²) in [4.78, 5) is 32.2. The number of primary amides is 2. The molecule has 0 bridgehead atoms. The number of anilines is 1. The molecule has 0 radical (unpaired) electrons. The number of aromatic nitrogens is 2. The Hall–Kier alpha value is -3.52. The third-order valence-corrected chi connectivity index (χ3v) is 5.14. The predicted octanol–water partition coefficient (Wildman–Crippen LogP) is 1.66. The van der Waals surface area contributed by atoms with Crippen molar-refractivity contribution >= 4 is 28.5 Å². The van der Waals surface area contributed by atoms with Crippen LogP contribution in [0, 0.1) is 0 Å².